The van der Waals surface area contributed by atoms with Gasteiger partial charge in [-0.15, -0.1) is 0 Å². The third-order valence-corrected chi connectivity index (χ3v) is 3.82. The standard InChI is InChI=1S/C19H15FO2/c1-12-8-14-10-16(22-2)6-7-17(14)18(11-21)19(12)13-4-3-5-15(20)9-13/h3-11H,1-2H3. The molecule has 3 aromatic carbocycles. The zero-order chi connectivity index (χ0) is 15.7. The number of fused-ring (bicyclic) bond motifs is 1. The van der Waals surface area contributed by atoms with Crippen molar-refractivity contribution in [3.8, 4) is 16.9 Å². The Morgan fingerprint density at radius 2 is 1.91 bits per heavy atom. The van der Waals surface area contributed by atoms with Gasteiger partial charge in [0.1, 0.15) is 11.6 Å². The zero-order valence-electron chi connectivity index (χ0n) is 12.4. The monoisotopic (exact) mass is 294 g/mol. The number of rotatable bonds is 3. The Bertz CT molecular complexity index is 869. The predicted octanol–water partition coefficient (Wildman–Crippen LogP) is 4.78. The number of hydrogen-bond acceptors (Lipinski definition) is 2. The first-order valence-electron chi connectivity index (χ1n) is 6.96. The minimum atomic E-state index is -0.316. The number of hydrogen-bond donors (Lipinski definition) is 0. The second-order valence-electron chi connectivity index (χ2n) is 5.20. The van der Waals surface area contributed by atoms with Crippen molar-refractivity contribution in [3.63, 3.8) is 0 Å². The van der Waals surface area contributed by atoms with Crippen LogP contribution in [0.2, 0.25) is 0 Å². The van der Waals surface area contributed by atoms with Crippen LogP contribution in [-0.2, 0) is 0 Å². The van der Waals surface area contributed by atoms with E-state index in [-0.39, 0.29) is 5.82 Å². The summed E-state index contributed by atoms with van der Waals surface area (Å²) in [6, 6.07) is 13.9. The highest BCUT2D eigenvalue weighted by Crippen LogP contribution is 2.34. The van der Waals surface area contributed by atoms with E-state index >= 15 is 0 Å². The molecule has 22 heavy (non-hydrogen) atoms. The van der Waals surface area contributed by atoms with Crippen LogP contribution in [0.25, 0.3) is 21.9 Å². The van der Waals surface area contributed by atoms with Gasteiger partial charge in [-0.1, -0.05) is 18.2 Å². The van der Waals surface area contributed by atoms with Crippen molar-refractivity contribution < 1.29 is 13.9 Å². The minimum absolute atomic E-state index is 0.316. The fourth-order valence-corrected chi connectivity index (χ4v) is 2.83. The van der Waals surface area contributed by atoms with Crippen molar-refractivity contribution >= 4 is 17.1 Å². The maximum absolute atomic E-state index is 13.5. The molecule has 2 nitrogen and oxygen atoms in total. The highest BCUT2D eigenvalue weighted by molar-refractivity contribution is 6.06. The molecule has 0 N–H and O–H groups in total. The lowest BCUT2D eigenvalue weighted by Crippen LogP contribution is -1.95. The average Bonchev–Trinajstić information content (AvgIpc) is 2.52. The molecule has 0 heterocycles. The fourth-order valence-electron chi connectivity index (χ4n) is 2.83. The summed E-state index contributed by atoms with van der Waals surface area (Å²) in [5.74, 6) is 0.422. The van der Waals surface area contributed by atoms with Crippen LogP contribution in [0.1, 0.15) is 15.9 Å². The SMILES string of the molecule is COc1ccc2c(C=O)c(-c3cccc(F)c3)c(C)cc2c1. The summed E-state index contributed by atoms with van der Waals surface area (Å²) >= 11 is 0. The van der Waals surface area contributed by atoms with Crippen LogP contribution in [-0.4, -0.2) is 13.4 Å². The number of carbonyl (C=O) groups is 1. The van der Waals surface area contributed by atoms with E-state index in [9.17, 15) is 9.18 Å². The van der Waals surface area contributed by atoms with Gasteiger partial charge in [0, 0.05) is 5.56 Å². The lowest BCUT2D eigenvalue weighted by atomic mass is 9.90. The normalized spacial score (nSPS) is 10.7. The summed E-state index contributed by atoms with van der Waals surface area (Å²) in [6.07, 6.45) is 0.835. The zero-order valence-corrected chi connectivity index (χ0v) is 12.4. The Labute approximate surface area is 128 Å². The van der Waals surface area contributed by atoms with Crippen LogP contribution in [0.4, 0.5) is 4.39 Å². The summed E-state index contributed by atoms with van der Waals surface area (Å²) in [5, 5.41) is 1.76. The Morgan fingerprint density at radius 1 is 1.09 bits per heavy atom. The lowest BCUT2D eigenvalue weighted by Gasteiger charge is -2.13. The molecular weight excluding hydrogens is 279 g/mol. The molecule has 0 saturated carbocycles. The van der Waals surface area contributed by atoms with Crippen LogP contribution in [0, 0.1) is 12.7 Å². The van der Waals surface area contributed by atoms with Gasteiger partial charge in [0.05, 0.1) is 7.11 Å². The Morgan fingerprint density at radius 3 is 2.59 bits per heavy atom. The first kappa shape index (κ1) is 14.3. The Hall–Kier alpha value is -2.68. The number of ether oxygens (including phenoxy) is 1. The summed E-state index contributed by atoms with van der Waals surface area (Å²) in [5.41, 5.74) is 2.97. The summed E-state index contributed by atoms with van der Waals surface area (Å²) in [7, 11) is 1.61. The molecule has 0 aromatic heterocycles. The van der Waals surface area contributed by atoms with Gasteiger partial charge < -0.3 is 4.74 Å². The highest BCUT2D eigenvalue weighted by atomic mass is 19.1. The summed E-state index contributed by atoms with van der Waals surface area (Å²) < 4.78 is 18.8. The second-order valence-corrected chi connectivity index (χ2v) is 5.20. The van der Waals surface area contributed by atoms with Gasteiger partial charge in [-0.25, -0.2) is 4.39 Å². The molecule has 0 spiro atoms. The van der Waals surface area contributed by atoms with Gasteiger partial charge in [0.15, 0.2) is 6.29 Å². The first-order valence-corrected chi connectivity index (χ1v) is 6.96. The lowest BCUT2D eigenvalue weighted by molar-refractivity contribution is 0.112. The van der Waals surface area contributed by atoms with Gasteiger partial charge >= 0.3 is 0 Å². The van der Waals surface area contributed by atoms with E-state index in [1.807, 2.05) is 37.3 Å². The van der Waals surface area contributed by atoms with E-state index in [1.54, 1.807) is 13.2 Å². The number of aldehydes is 1. The Balaban J connectivity index is 2.35. The van der Waals surface area contributed by atoms with Crippen molar-refractivity contribution in [2.45, 2.75) is 6.92 Å². The van der Waals surface area contributed by atoms with E-state index in [4.69, 9.17) is 4.74 Å². The molecular formula is C19H15FO2. The van der Waals surface area contributed by atoms with E-state index in [2.05, 4.69) is 0 Å². The van der Waals surface area contributed by atoms with Crippen molar-refractivity contribution in [1.29, 1.82) is 0 Å². The Kier molecular flexibility index (Phi) is 3.63. The van der Waals surface area contributed by atoms with Crippen LogP contribution in [0.15, 0.2) is 48.5 Å². The van der Waals surface area contributed by atoms with Gasteiger partial charge in [-0.3, -0.25) is 4.79 Å². The fraction of sp³-hybridized carbons (Fsp3) is 0.105. The topological polar surface area (TPSA) is 26.3 Å². The van der Waals surface area contributed by atoms with Crippen LogP contribution in [0.5, 0.6) is 5.75 Å². The molecule has 110 valence electrons. The molecule has 3 rings (SSSR count). The van der Waals surface area contributed by atoms with Crippen LogP contribution >= 0.6 is 0 Å². The number of carbonyl (C=O) groups excluding carboxylic acids is 1. The molecule has 0 aliphatic rings. The van der Waals surface area contributed by atoms with Crippen molar-refractivity contribution in [2.75, 3.05) is 7.11 Å². The van der Waals surface area contributed by atoms with Gasteiger partial charge in [-0.05, 0) is 64.7 Å². The van der Waals surface area contributed by atoms with Gasteiger partial charge in [0.25, 0.3) is 0 Å². The summed E-state index contributed by atoms with van der Waals surface area (Å²) in [4.78, 5) is 11.7. The van der Waals surface area contributed by atoms with E-state index in [0.717, 1.165) is 33.9 Å². The third-order valence-electron chi connectivity index (χ3n) is 3.82. The molecule has 0 aliphatic heterocycles. The molecule has 0 radical (unpaired) electrons. The number of halogens is 1. The molecule has 3 aromatic rings. The van der Waals surface area contributed by atoms with E-state index < -0.39 is 0 Å². The number of aryl methyl sites for hydroxylation is 1. The summed E-state index contributed by atoms with van der Waals surface area (Å²) in [6.45, 7) is 1.92. The molecule has 3 heteroatoms. The van der Waals surface area contributed by atoms with Crippen LogP contribution < -0.4 is 4.74 Å². The van der Waals surface area contributed by atoms with Crippen molar-refractivity contribution in [1.82, 2.24) is 0 Å². The van der Waals surface area contributed by atoms with Gasteiger partial charge in [0.2, 0.25) is 0 Å². The highest BCUT2D eigenvalue weighted by Gasteiger charge is 2.13. The maximum atomic E-state index is 13.5. The molecule has 0 bridgehead atoms. The first-order chi connectivity index (χ1) is 10.6. The van der Waals surface area contributed by atoms with Crippen molar-refractivity contribution in [3.05, 3.63) is 65.5 Å². The molecule has 0 saturated heterocycles. The quantitative estimate of drug-likeness (QED) is 0.650. The second kappa shape index (κ2) is 5.60. The maximum Gasteiger partial charge on any atom is 0.151 e. The molecule has 0 unspecified atom stereocenters. The number of methoxy groups -OCH3 is 1. The van der Waals surface area contributed by atoms with E-state index in [1.165, 1.54) is 12.1 Å². The molecule has 0 atom stereocenters. The largest absolute Gasteiger partial charge is 0.497 e. The average molecular weight is 294 g/mol. The van der Waals surface area contributed by atoms with E-state index in [0.29, 0.717) is 11.1 Å². The molecule has 0 aliphatic carbocycles. The third kappa shape index (κ3) is 2.35. The number of benzene rings is 3. The molecule has 0 fully saturated rings. The van der Waals surface area contributed by atoms with Gasteiger partial charge in [-0.2, -0.15) is 0 Å². The van der Waals surface area contributed by atoms with Crippen LogP contribution in [0.3, 0.4) is 0 Å². The molecule has 0 amide bonds. The minimum Gasteiger partial charge on any atom is -0.497 e. The predicted molar refractivity (Wildman–Crippen MR) is 86.0 cm³/mol. The smallest absolute Gasteiger partial charge is 0.151 e. The van der Waals surface area contributed by atoms with Crippen molar-refractivity contribution in [2.24, 2.45) is 0 Å².